The van der Waals surface area contributed by atoms with E-state index in [4.69, 9.17) is 11.5 Å². The molecule has 0 aliphatic carbocycles. The lowest BCUT2D eigenvalue weighted by molar-refractivity contribution is 1.03. The third kappa shape index (κ3) is 2.78. The third-order valence-corrected chi connectivity index (χ3v) is 3.12. The van der Waals surface area contributed by atoms with E-state index in [1.165, 1.54) is 0 Å². The van der Waals surface area contributed by atoms with Crippen LogP contribution in [0.4, 0.5) is 17.5 Å². The number of nitrogens with one attached hydrogen (secondary N) is 1. The fourth-order valence-electron chi connectivity index (χ4n) is 2.00. The van der Waals surface area contributed by atoms with Gasteiger partial charge in [0.15, 0.2) is 17.0 Å². The van der Waals surface area contributed by atoms with Crippen molar-refractivity contribution in [2.45, 2.75) is 6.54 Å². The molecular weight excluding hydrogens is 278 g/mol. The number of anilines is 3. The Hall–Kier alpha value is -3.22. The maximum atomic E-state index is 5.80. The highest BCUT2D eigenvalue weighted by Gasteiger charge is 2.07. The van der Waals surface area contributed by atoms with Crippen molar-refractivity contribution in [1.29, 1.82) is 0 Å². The Morgan fingerprint density at radius 2 is 1.86 bits per heavy atom. The smallest absolute Gasteiger partial charge is 0.224 e. The second-order valence-corrected chi connectivity index (χ2v) is 4.68. The average molecular weight is 293 g/mol. The van der Waals surface area contributed by atoms with Gasteiger partial charge in [-0.2, -0.15) is 9.97 Å². The number of nitrogens with two attached hydrogens (primary N) is 2. The van der Waals surface area contributed by atoms with Gasteiger partial charge in [0.2, 0.25) is 5.95 Å². The standard InChI is InChI=1S/C15H15N7/c1-2-9-3-5-10(6-4-9)18-7-11-8-19-14-12(20-11)13(16)21-15(17)22-14/h2-6,8,18H,1,7H2,(H4,16,17,19,21,22). The van der Waals surface area contributed by atoms with E-state index in [0.717, 1.165) is 16.9 Å². The van der Waals surface area contributed by atoms with Crippen LogP contribution >= 0.6 is 0 Å². The molecule has 5 N–H and O–H groups in total. The second-order valence-electron chi connectivity index (χ2n) is 4.68. The van der Waals surface area contributed by atoms with Crippen molar-refractivity contribution in [2.75, 3.05) is 16.8 Å². The molecule has 22 heavy (non-hydrogen) atoms. The molecule has 2 aromatic heterocycles. The molecular formula is C15H15N7. The van der Waals surface area contributed by atoms with Crippen molar-refractivity contribution in [3.63, 3.8) is 0 Å². The maximum Gasteiger partial charge on any atom is 0.224 e. The van der Waals surface area contributed by atoms with Crippen LogP contribution in [-0.2, 0) is 6.54 Å². The number of hydrogen-bond donors (Lipinski definition) is 3. The summed E-state index contributed by atoms with van der Waals surface area (Å²) in [5.41, 5.74) is 15.0. The largest absolute Gasteiger partial charge is 0.382 e. The molecule has 110 valence electrons. The monoisotopic (exact) mass is 293 g/mol. The predicted molar refractivity (Wildman–Crippen MR) is 87.8 cm³/mol. The highest BCUT2D eigenvalue weighted by atomic mass is 15.1. The van der Waals surface area contributed by atoms with Gasteiger partial charge in [-0.3, -0.25) is 0 Å². The Morgan fingerprint density at radius 1 is 1.09 bits per heavy atom. The van der Waals surface area contributed by atoms with E-state index in [1.54, 1.807) is 12.3 Å². The average Bonchev–Trinajstić information content (AvgIpc) is 2.53. The van der Waals surface area contributed by atoms with Crippen molar-refractivity contribution in [1.82, 2.24) is 19.9 Å². The van der Waals surface area contributed by atoms with Gasteiger partial charge >= 0.3 is 0 Å². The van der Waals surface area contributed by atoms with Crippen LogP contribution in [0.25, 0.3) is 17.2 Å². The van der Waals surface area contributed by atoms with E-state index in [2.05, 4.69) is 31.8 Å². The Morgan fingerprint density at radius 3 is 2.59 bits per heavy atom. The molecule has 3 rings (SSSR count). The first-order valence-electron chi connectivity index (χ1n) is 6.66. The number of nitrogens with zero attached hydrogens (tertiary/aromatic N) is 4. The fourth-order valence-corrected chi connectivity index (χ4v) is 2.00. The van der Waals surface area contributed by atoms with Gasteiger partial charge in [0, 0.05) is 5.69 Å². The predicted octanol–water partition coefficient (Wildman–Crippen LogP) is 1.84. The van der Waals surface area contributed by atoms with Crippen LogP contribution in [0.1, 0.15) is 11.3 Å². The van der Waals surface area contributed by atoms with Crippen molar-refractivity contribution < 1.29 is 0 Å². The lowest BCUT2D eigenvalue weighted by atomic mass is 10.2. The summed E-state index contributed by atoms with van der Waals surface area (Å²) in [4.78, 5) is 16.5. The van der Waals surface area contributed by atoms with Crippen LogP contribution in [0.5, 0.6) is 0 Å². The summed E-state index contributed by atoms with van der Waals surface area (Å²) >= 11 is 0. The van der Waals surface area contributed by atoms with Gasteiger partial charge in [-0.1, -0.05) is 24.8 Å². The minimum absolute atomic E-state index is 0.0903. The molecule has 7 nitrogen and oxygen atoms in total. The first-order chi connectivity index (χ1) is 10.7. The highest BCUT2D eigenvalue weighted by Crippen LogP contribution is 2.16. The normalized spacial score (nSPS) is 10.5. The molecule has 0 saturated carbocycles. The van der Waals surface area contributed by atoms with Gasteiger partial charge in [-0.15, -0.1) is 0 Å². The summed E-state index contributed by atoms with van der Waals surface area (Å²) < 4.78 is 0. The fraction of sp³-hybridized carbons (Fsp3) is 0.0667. The summed E-state index contributed by atoms with van der Waals surface area (Å²) in [5, 5.41) is 3.26. The van der Waals surface area contributed by atoms with Gasteiger partial charge in [-0.05, 0) is 17.7 Å². The van der Waals surface area contributed by atoms with Gasteiger partial charge in [0.25, 0.3) is 0 Å². The molecule has 0 aliphatic rings. The number of aromatic nitrogens is 4. The molecule has 0 amide bonds. The van der Waals surface area contributed by atoms with Crippen molar-refractivity contribution in [3.05, 3.63) is 48.3 Å². The molecule has 0 unspecified atom stereocenters. The van der Waals surface area contributed by atoms with E-state index in [0.29, 0.717) is 17.7 Å². The topological polar surface area (TPSA) is 116 Å². The zero-order valence-electron chi connectivity index (χ0n) is 11.8. The summed E-state index contributed by atoms with van der Waals surface area (Å²) in [6.07, 6.45) is 3.44. The van der Waals surface area contributed by atoms with E-state index in [1.807, 2.05) is 24.3 Å². The van der Waals surface area contributed by atoms with Crippen LogP contribution in [0.15, 0.2) is 37.0 Å². The summed E-state index contributed by atoms with van der Waals surface area (Å²) in [5.74, 6) is 0.319. The van der Waals surface area contributed by atoms with E-state index < -0.39 is 0 Å². The Labute approximate surface area is 127 Å². The number of fused-ring (bicyclic) bond motifs is 1. The summed E-state index contributed by atoms with van der Waals surface area (Å²) in [6.45, 7) is 4.24. The molecule has 3 aromatic rings. The Kier molecular flexibility index (Phi) is 3.53. The highest BCUT2D eigenvalue weighted by molar-refractivity contribution is 5.81. The maximum absolute atomic E-state index is 5.80. The first kappa shape index (κ1) is 13.7. The Balaban J connectivity index is 1.80. The molecule has 0 saturated heterocycles. The molecule has 0 fully saturated rings. The lowest BCUT2D eigenvalue weighted by Crippen LogP contribution is -2.06. The SMILES string of the molecule is C=Cc1ccc(NCc2cnc3nc(N)nc(N)c3n2)cc1. The molecule has 0 radical (unpaired) electrons. The zero-order chi connectivity index (χ0) is 15.5. The quantitative estimate of drug-likeness (QED) is 0.672. The molecule has 0 aliphatic heterocycles. The number of rotatable bonds is 4. The molecule has 0 atom stereocenters. The van der Waals surface area contributed by atoms with Gasteiger partial charge in [-0.25, -0.2) is 9.97 Å². The lowest BCUT2D eigenvalue weighted by Gasteiger charge is -2.07. The summed E-state index contributed by atoms with van der Waals surface area (Å²) in [7, 11) is 0. The van der Waals surface area contributed by atoms with Crippen molar-refractivity contribution in [3.8, 4) is 0 Å². The third-order valence-electron chi connectivity index (χ3n) is 3.12. The molecule has 2 heterocycles. The van der Waals surface area contributed by atoms with Crippen molar-refractivity contribution >= 4 is 34.7 Å². The van der Waals surface area contributed by atoms with Gasteiger partial charge in [0.1, 0.15) is 0 Å². The van der Waals surface area contributed by atoms with Crippen LogP contribution in [0.3, 0.4) is 0 Å². The zero-order valence-corrected chi connectivity index (χ0v) is 11.8. The minimum Gasteiger partial charge on any atom is -0.382 e. The van der Waals surface area contributed by atoms with Crippen LogP contribution in [-0.4, -0.2) is 19.9 Å². The molecule has 1 aromatic carbocycles. The van der Waals surface area contributed by atoms with Crippen LogP contribution < -0.4 is 16.8 Å². The van der Waals surface area contributed by atoms with E-state index in [9.17, 15) is 0 Å². The van der Waals surface area contributed by atoms with Gasteiger partial charge in [0.05, 0.1) is 18.4 Å². The number of nitrogen functional groups attached to an aromatic ring is 2. The minimum atomic E-state index is 0.0903. The number of hydrogen-bond acceptors (Lipinski definition) is 7. The van der Waals surface area contributed by atoms with E-state index >= 15 is 0 Å². The van der Waals surface area contributed by atoms with Gasteiger partial charge < -0.3 is 16.8 Å². The summed E-state index contributed by atoms with van der Waals surface area (Å²) in [6, 6.07) is 7.92. The van der Waals surface area contributed by atoms with Crippen molar-refractivity contribution in [2.24, 2.45) is 0 Å². The van der Waals surface area contributed by atoms with Crippen LogP contribution in [0, 0.1) is 0 Å². The Bertz CT molecular complexity index is 827. The molecule has 7 heteroatoms. The molecule has 0 spiro atoms. The molecule has 0 bridgehead atoms. The van der Waals surface area contributed by atoms with E-state index in [-0.39, 0.29) is 11.8 Å². The van der Waals surface area contributed by atoms with Crippen LogP contribution in [0.2, 0.25) is 0 Å². The second kappa shape index (κ2) is 5.65. The number of benzene rings is 1. The first-order valence-corrected chi connectivity index (χ1v) is 6.66.